The van der Waals surface area contributed by atoms with E-state index in [1.165, 1.54) is 12.1 Å². The molecule has 1 rings (SSSR count). The van der Waals surface area contributed by atoms with Crippen molar-refractivity contribution in [2.45, 2.75) is 0 Å². The van der Waals surface area contributed by atoms with Gasteiger partial charge in [0.05, 0.1) is 0 Å². The van der Waals surface area contributed by atoms with Crippen LogP contribution >= 0.6 is 11.8 Å². The monoisotopic (exact) mass is 241 g/mol. The van der Waals surface area contributed by atoms with Crippen molar-refractivity contribution >= 4 is 11.8 Å². The summed E-state index contributed by atoms with van der Waals surface area (Å²) in [6.07, 6.45) is 2.05. The molecular weight excluding hydrogens is 225 g/mol. The fourth-order valence-corrected chi connectivity index (χ4v) is 1.41. The van der Waals surface area contributed by atoms with E-state index in [1.54, 1.807) is 23.9 Å². The third kappa shape index (κ3) is 5.07. The molecule has 0 fully saturated rings. The summed E-state index contributed by atoms with van der Waals surface area (Å²) in [7, 11) is 0. The van der Waals surface area contributed by atoms with Crippen LogP contribution in [0, 0.1) is 5.82 Å². The lowest BCUT2D eigenvalue weighted by Gasteiger charge is -2.10. The number of halogens is 1. The third-order valence-electron chi connectivity index (χ3n) is 1.89. The van der Waals surface area contributed by atoms with E-state index in [-0.39, 0.29) is 5.82 Å². The number of ether oxygens (including phenoxy) is 1. The van der Waals surface area contributed by atoms with Crippen LogP contribution in [0.5, 0.6) is 5.75 Å². The topological polar surface area (TPSA) is 21.3 Å². The Morgan fingerprint density at radius 1 is 1.56 bits per heavy atom. The third-order valence-corrected chi connectivity index (χ3v) is 2.50. The molecule has 88 valence electrons. The minimum atomic E-state index is -0.293. The number of thioether (sulfide) groups is 1. The molecule has 1 aromatic rings. The van der Waals surface area contributed by atoms with Crippen LogP contribution < -0.4 is 10.1 Å². The number of benzene rings is 1. The summed E-state index contributed by atoms with van der Waals surface area (Å²) in [6, 6.07) is 6.08. The van der Waals surface area contributed by atoms with Gasteiger partial charge in [-0.25, -0.2) is 4.39 Å². The highest BCUT2D eigenvalue weighted by Gasteiger charge is 1.97. The van der Waals surface area contributed by atoms with Crippen LogP contribution in [-0.4, -0.2) is 25.2 Å². The highest BCUT2D eigenvalue weighted by Crippen LogP contribution is 2.12. The average molecular weight is 241 g/mol. The normalized spacial score (nSPS) is 9.88. The molecule has 0 unspecified atom stereocenters. The Morgan fingerprint density at radius 3 is 3.06 bits per heavy atom. The van der Waals surface area contributed by atoms with E-state index >= 15 is 0 Å². The second-order valence-corrected chi connectivity index (χ2v) is 4.25. The van der Waals surface area contributed by atoms with Crippen molar-refractivity contribution in [3.63, 3.8) is 0 Å². The predicted octanol–water partition coefficient (Wildman–Crippen LogP) is 2.67. The van der Waals surface area contributed by atoms with Crippen molar-refractivity contribution in [1.29, 1.82) is 0 Å². The van der Waals surface area contributed by atoms with Gasteiger partial charge in [-0.1, -0.05) is 12.6 Å². The summed E-state index contributed by atoms with van der Waals surface area (Å²) in [5.41, 5.74) is 0.804. The summed E-state index contributed by atoms with van der Waals surface area (Å²) in [5.74, 6) is 1.25. The second-order valence-electron chi connectivity index (χ2n) is 3.27. The maximum Gasteiger partial charge on any atom is 0.127 e. The molecule has 0 atom stereocenters. The molecule has 0 radical (unpaired) electrons. The molecule has 0 bridgehead atoms. The van der Waals surface area contributed by atoms with E-state index in [0.717, 1.165) is 18.0 Å². The van der Waals surface area contributed by atoms with Gasteiger partial charge in [-0.3, -0.25) is 0 Å². The highest BCUT2D eigenvalue weighted by atomic mass is 32.2. The number of hydrogen-bond acceptors (Lipinski definition) is 3. The van der Waals surface area contributed by atoms with Crippen molar-refractivity contribution in [2.75, 3.05) is 25.2 Å². The summed E-state index contributed by atoms with van der Waals surface area (Å²) < 4.78 is 18.2. The zero-order valence-corrected chi connectivity index (χ0v) is 10.1. The van der Waals surface area contributed by atoms with Crippen LogP contribution in [-0.2, 0) is 0 Å². The van der Waals surface area contributed by atoms with E-state index in [2.05, 4.69) is 11.9 Å². The predicted molar refractivity (Wildman–Crippen MR) is 67.4 cm³/mol. The first kappa shape index (κ1) is 12.9. The molecule has 0 saturated heterocycles. The lowest BCUT2D eigenvalue weighted by atomic mass is 10.3. The number of rotatable bonds is 7. The quantitative estimate of drug-likeness (QED) is 0.742. The zero-order valence-electron chi connectivity index (χ0n) is 9.33. The Morgan fingerprint density at radius 2 is 2.38 bits per heavy atom. The van der Waals surface area contributed by atoms with Crippen LogP contribution in [0.15, 0.2) is 36.5 Å². The lowest BCUT2D eigenvalue weighted by molar-refractivity contribution is 0.342. The van der Waals surface area contributed by atoms with E-state index in [0.29, 0.717) is 12.4 Å². The van der Waals surface area contributed by atoms with E-state index in [9.17, 15) is 4.39 Å². The zero-order chi connectivity index (χ0) is 11.8. The molecule has 0 spiro atoms. The first-order chi connectivity index (χ1) is 7.72. The molecule has 0 aliphatic carbocycles. The van der Waals surface area contributed by atoms with Crippen molar-refractivity contribution in [1.82, 2.24) is 5.32 Å². The largest absolute Gasteiger partial charge is 0.487 e. The highest BCUT2D eigenvalue weighted by molar-refractivity contribution is 7.98. The molecule has 0 aromatic heterocycles. The van der Waals surface area contributed by atoms with Crippen LogP contribution in [0.4, 0.5) is 4.39 Å². The molecule has 0 amide bonds. The molecule has 1 N–H and O–H groups in total. The molecule has 4 heteroatoms. The van der Waals surface area contributed by atoms with Gasteiger partial charge in [-0.05, 0) is 18.4 Å². The van der Waals surface area contributed by atoms with E-state index in [4.69, 9.17) is 4.74 Å². The van der Waals surface area contributed by atoms with Crippen LogP contribution in [0.1, 0.15) is 0 Å². The van der Waals surface area contributed by atoms with Crippen molar-refractivity contribution in [3.05, 3.63) is 42.4 Å². The Balaban J connectivity index is 2.26. The van der Waals surface area contributed by atoms with Gasteiger partial charge in [0.1, 0.15) is 18.2 Å². The fourth-order valence-electron chi connectivity index (χ4n) is 1.11. The van der Waals surface area contributed by atoms with Gasteiger partial charge in [-0.2, -0.15) is 11.8 Å². The molecule has 0 aliphatic heterocycles. The average Bonchev–Trinajstić information content (AvgIpc) is 2.27. The second kappa shape index (κ2) is 7.17. The van der Waals surface area contributed by atoms with E-state index < -0.39 is 0 Å². The molecule has 2 nitrogen and oxygen atoms in total. The van der Waals surface area contributed by atoms with Gasteiger partial charge in [0, 0.05) is 24.1 Å². The summed E-state index contributed by atoms with van der Waals surface area (Å²) in [5, 5.41) is 3.13. The van der Waals surface area contributed by atoms with Crippen LogP contribution in [0.2, 0.25) is 0 Å². The van der Waals surface area contributed by atoms with Crippen molar-refractivity contribution < 1.29 is 9.13 Å². The smallest absolute Gasteiger partial charge is 0.127 e. The van der Waals surface area contributed by atoms with Gasteiger partial charge < -0.3 is 10.1 Å². The summed E-state index contributed by atoms with van der Waals surface area (Å²) in [6.45, 7) is 5.05. The van der Waals surface area contributed by atoms with Gasteiger partial charge in [-0.15, -0.1) is 0 Å². The maximum absolute atomic E-state index is 12.8. The van der Waals surface area contributed by atoms with Gasteiger partial charge in [0.2, 0.25) is 0 Å². The van der Waals surface area contributed by atoms with Gasteiger partial charge in [0.15, 0.2) is 0 Å². The lowest BCUT2D eigenvalue weighted by Crippen LogP contribution is -2.20. The fraction of sp³-hybridized carbons (Fsp3) is 0.333. The first-order valence-corrected chi connectivity index (χ1v) is 6.40. The Hall–Kier alpha value is -1.16. The van der Waals surface area contributed by atoms with Gasteiger partial charge in [0.25, 0.3) is 0 Å². The molecule has 1 aromatic carbocycles. The molecule has 0 heterocycles. The van der Waals surface area contributed by atoms with Crippen molar-refractivity contribution in [3.8, 4) is 5.75 Å². The molecule has 0 saturated carbocycles. The van der Waals surface area contributed by atoms with Crippen LogP contribution in [0.3, 0.4) is 0 Å². The molecule has 16 heavy (non-hydrogen) atoms. The summed E-state index contributed by atoms with van der Waals surface area (Å²) >= 11 is 1.77. The Labute approximate surface area is 99.9 Å². The maximum atomic E-state index is 12.8. The molecular formula is C12H16FNOS. The minimum absolute atomic E-state index is 0.293. The Kier molecular flexibility index (Phi) is 5.78. The van der Waals surface area contributed by atoms with Gasteiger partial charge >= 0.3 is 0 Å². The SMILES string of the molecule is C=C(COc1cccc(F)c1)NCCSC. The Bertz CT molecular complexity index is 344. The first-order valence-electron chi connectivity index (χ1n) is 5.01. The summed E-state index contributed by atoms with van der Waals surface area (Å²) in [4.78, 5) is 0. The van der Waals surface area contributed by atoms with Crippen LogP contribution in [0.25, 0.3) is 0 Å². The standard InChI is InChI=1S/C12H16FNOS/c1-10(14-6-7-16-2)9-15-12-5-3-4-11(13)8-12/h3-5,8,14H,1,6-7,9H2,2H3. The number of hydrogen-bond donors (Lipinski definition) is 1. The minimum Gasteiger partial charge on any atom is -0.487 e. The number of nitrogens with one attached hydrogen (secondary N) is 1. The molecule has 0 aliphatic rings. The van der Waals surface area contributed by atoms with Crippen molar-refractivity contribution in [2.24, 2.45) is 0 Å². The van der Waals surface area contributed by atoms with E-state index in [1.807, 2.05) is 6.26 Å².